The van der Waals surface area contributed by atoms with Crippen molar-refractivity contribution in [2.45, 2.75) is 4.90 Å². The fourth-order valence-electron chi connectivity index (χ4n) is 3.31. The van der Waals surface area contributed by atoms with Crippen LogP contribution in [0.5, 0.6) is 17.2 Å². The molecule has 9 heteroatoms. The molecular formula is C25H14Cl2F2N2O2S. The third-order valence-electron chi connectivity index (χ3n) is 4.89. The lowest BCUT2D eigenvalue weighted by molar-refractivity contribution is 0.433. The number of hydrogen-bond acceptors (Lipinski definition) is 4. The lowest BCUT2D eigenvalue weighted by Crippen LogP contribution is -1.97. The number of hydrogen-bond donors (Lipinski definition) is 0. The van der Waals surface area contributed by atoms with Gasteiger partial charge in [-0.1, -0.05) is 29.3 Å². The van der Waals surface area contributed by atoms with Crippen LogP contribution < -0.4 is 8.92 Å². The Hall–Kier alpha value is -3.26. The maximum absolute atomic E-state index is 14.9. The molecule has 0 atom stereocenters. The number of nitrogens with zero attached hydrogens (tertiary/aromatic N) is 2. The first-order valence-electron chi connectivity index (χ1n) is 9.97. The van der Waals surface area contributed by atoms with Crippen LogP contribution in [0, 0.1) is 11.6 Å². The molecule has 170 valence electrons. The van der Waals surface area contributed by atoms with Crippen molar-refractivity contribution in [2.75, 3.05) is 0 Å². The molecule has 0 bridgehead atoms. The van der Waals surface area contributed by atoms with Crippen LogP contribution in [-0.2, 0) is 0 Å². The van der Waals surface area contributed by atoms with Crippen molar-refractivity contribution in [1.82, 2.24) is 9.38 Å². The van der Waals surface area contributed by atoms with Crippen LogP contribution in [0.1, 0.15) is 0 Å². The predicted molar refractivity (Wildman–Crippen MR) is 130 cm³/mol. The first-order chi connectivity index (χ1) is 16.5. The highest BCUT2D eigenvalue weighted by Gasteiger charge is 2.17. The molecule has 0 aliphatic carbocycles. The third kappa shape index (κ3) is 4.68. The Morgan fingerprint density at radius 1 is 0.824 bits per heavy atom. The van der Waals surface area contributed by atoms with E-state index >= 15 is 0 Å². The maximum Gasteiger partial charge on any atom is 0.167 e. The molecule has 0 aliphatic heterocycles. The van der Waals surface area contributed by atoms with Crippen LogP contribution in [0.15, 0.2) is 90.1 Å². The van der Waals surface area contributed by atoms with Crippen molar-refractivity contribution >= 4 is 40.9 Å². The van der Waals surface area contributed by atoms with Crippen molar-refractivity contribution in [1.29, 1.82) is 0 Å². The van der Waals surface area contributed by atoms with Gasteiger partial charge in [0.2, 0.25) is 0 Å². The first kappa shape index (κ1) is 22.5. The molecule has 5 rings (SSSR count). The van der Waals surface area contributed by atoms with Gasteiger partial charge in [0, 0.05) is 34.1 Å². The molecule has 4 nitrogen and oxygen atoms in total. The summed E-state index contributed by atoms with van der Waals surface area (Å²) in [6.45, 7) is 0. The molecule has 0 spiro atoms. The molecule has 0 saturated heterocycles. The first-order valence-corrected chi connectivity index (χ1v) is 11.5. The van der Waals surface area contributed by atoms with Gasteiger partial charge in [-0.3, -0.25) is 4.40 Å². The number of ether oxygens (including phenoxy) is 1. The molecule has 0 N–H and O–H groups in total. The average molecular weight is 515 g/mol. The lowest BCUT2D eigenvalue weighted by atomic mass is 10.1. The SMILES string of the molecule is Fc1cc(SOc2ccc(Cl)cc2)c(F)cc1Oc1ccc(Cl)cc1-c1cccc2nccn12. The zero-order valence-electron chi connectivity index (χ0n) is 17.2. The van der Waals surface area contributed by atoms with Crippen molar-refractivity contribution in [3.05, 3.63) is 107 Å². The second-order valence-corrected chi connectivity index (χ2v) is 8.79. The zero-order valence-corrected chi connectivity index (χ0v) is 19.5. The Kier molecular flexibility index (Phi) is 6.32. The molecule has 3 aromatic carbocycles. The summed E-state index contributed by atoms with van der Waals surface area (Å²) in [4.78, 5) is 4.25. The van der Waals surface area contributed by atoms with Crippen LogP contribution in [0.3, 0.4) is 0 Å². The van der Waals surface area contributed by atoms with Gasteiger partial charge >= 0.3 is 0 Å². The predicted octanol–water partition coefficient (Wildman–Crippen LogP) is 8.46. The number of benzene rings is 3. The summed E-state index contributed by atoms with van der Waals surface area (Å²) < 4.78 is 42.8. The fraction of sp³-hybridized carbons (Fsp3) is 0. The molecule has 0 saturated carbocycles. The highest BCUT2D eigenvalue weighted by molar-refractivity contribution is 7.95. The summed E-state index contributed by atoms with van der Waals surface area (Å²) in [5.41, 5.74) is 2.06. The summed E-state index contributed by atoms with van der Waals surface area (Å²) in [7, 11) is 0. The summed E-state index contributed by atoms with van der Waals surface area (Å²) in [6, 6.07) is 19.0. The number of fused-ring (bicyclic) bond motifs is 1. The summed E-state index contributed by atoms with van der Waals surface area (Å²) >= 11 is 12.8. The average Bonchev–Trinajstić information content (AvgIpc) is 3.31. The van der Waals surface area contributed by atoms with Gasteiger partial charge in [0.05, 0.1) is 22.6 Å². The smallest absolute Gasteiger partial charge is 0.167 e. The Labute approximate surface area is 207 Å². The number of pyridine rings is 1. The minimum atomic E-state index is -0.745. The Balaban J connectivity index is 1.44. The van der Waals surface area contributed by atoms with Crippen LogP contribution in [-0.4, -0.2) is 9.38 Å². The molecule has 2 aromatic heterocycles. The van der Waals surface area contributed by atoms with Gasteiger partial charge in [-0.25, -0.2) is 13.8 Å². The van der Waals surface area contributed by atoms with E-state index in [0.29, 0.717) is 39.2 Å². The van der Waals surface area contributed by atoms with E-state index in [2.05, 4.69) is 4.98 Å². The van der Waals surface area contributed by atoms with Crippen LogP contribution in [0.2, 0.25) is 10.0 Å². The monoisotopic (exact) mass is 514 g/mol. The molecule has 34 heavy (non-hydrogen) atoms. The molecule has 0 aliphatic rings. The number of rotatable bonds is 6. The normalized spacial score (nSPS) is 11.1. The van der Waals surface area contributed by atoms with Gasteiger partial charge in [-0.2, -0.15) is 0 Å². The quantitative estimate of drug-likeness (QED) is 0.213. The second kappa shape index (κ2) is 9.54. The topological polar surface area (TPSA) is 35.8 Å². The van der Waals surface area contributed by atoms with Gasteiger partial charge in [0.1, 0.15) is 23.0 Å². The standard InChI is InChI=1S/C25H14Cl2F2N2O2S/c26-15-4-7-17(8-5-15)33-34-24-14-19(28)23(13-20(24)29)32-22-9-6-16(27)12-18(22)21-2-1-3-25-30-10-11-31(21)25/h1-14H. The van der Waals surface area contributed by atoms with E-state index in [-0.39, 0.29) is 10.6 Å². The molecule has 2 heterocycles. The Morgan fingerprint density at radius 2 is 1.62 bits per heavy atom. The number of imidazole rings is 1. The summed E-state index contributed by atoms with van der Waals surface area (Å²) in [6.07, 6.45) is 3.46. The summed E-state index contributed by atoms with van der Waals surface area (Å²) in [5, 5.41) is 1.01. The molecule has 0 radical (unpaired) electrons. The third-order valence-corrected chi connectivity index (χ3v) is 6.15. The van der Waals surface area contributed by atoms with Crippen molar-refractivity contribution in [3.63, 3.8) is 0 Å². The van der Waals surface area contributed by atoms with Gasteiger partial charge in [0.25, 0.3) is 0 Å². The van der Waals surface area contributed by atoms with Gasteiger partial charge in [-0.15, -0.1) is 0 Å². The van der Waals surface area contributed by atoms with Crippen molar-refractivity contribution in [2.24, 2.45) is 0 Å². The molecule has 0 unspecified atom stereocenters. The molecular weight excluding hydrogens is 501 g/mol. The van der Waals surface area contributed by atoms with Crippen molar-refractivity contribution < 1.29 is 17.7 Å². The maximum atomic E-state index is 14.9. The summed E-state index contributed by atoms with van der Waals surface area (Å²) in [5.74, 6) is -0.946. The Morgan fingerprint density at radius 3 is 2.44 bits per heavy atom. The minimum Gasteiger partial charge on any atom is -0.453 e. The van der Waals surface area contributed by atoms with Gasteiger partial charge < -0.3 is 8.92 Å². The molecule has 0 amide bonds. The molecule has 0 fully saturated rings. The number of aromatic nitrogens is 2. The largest absolute Gasteiger partial charge is 0.453 e. The van der Waals surface area contributed by atoms with E-state index in [9.17, 15) is 8.78 Å². The lowest BCUT2D eigenvalue weighted by Gasteiger charge is -2.14. The number of halogens is 4. The van der Waals surface area contributed by atoms with E-state index in [1.54, 1.807) is 54.9 Å². The zero-order chi connectivity index (χ0) is 23.7. The van der Waals surface area contributed by atoms with Crippen LogP contribution in [0.25, 0.3) is 16.9 Å². The van der Waals surface area contributed by atoms with Gasteiger partial charge in [-0.05, 0) is 60.7 Å². The van der Waals surface area contributed by atoms with E-state index in [1.165, 1.54) is 0 Å². The highest BCUT2D eigenvalue weighted by atomic mass is 35.5. The highest BCUT2D eigenvalue weighted by Crippen LogP contribution is 2.38. The second-order valence-electron chi connectivity index (χ2n) is 7.14. The van der Waals surface area contributed by atoms with E-state index in [0.717, 1.165) is 23.5 Å². The fourth-order valence-corrected chi connectivity index (χ4v) is 4.20. The minimum absolute atomic E-state index is 0.0284. The Bertz CT molecular complexity index is 1490. The van der Waals surface area contributed by atoms with E-state index < -0.39 is 11.6 Å². The van der Waals surface area contributed by atoms with Gasteiger partial charge in [0.15, 0.2) is 11.6 Å². The van der Waals surface area contributed by atoms with E-state index in [4.69, 9.17) is 32.1 Å². The van der Waals surface area contributed by atoms with Crippen LogP contribution >= 0.6 is 35.2 Å². The van der Waals surface area contributed by atoms with E-state index in [1.807, 2.05) is 22.6 Å². The van der Waals surface area contributed by atoms with Crippen LogP contribution in [0.4, 0.5) is 8.78 Å². The van der Waals surface area contributed by atoms with Crippen molar-refractivity contribution in [3.8, 4) is 28.5 Å². The molecule has 5 aromatic rings.